The minimum atomic E-state index is -0.262. The summed E-state index contributed by atoms with van der Waals surface area (Å²) in [6, 6.07) is 0. The number of aliphatic hydroxyl groups is 2. The number of unbranched alkanes of at least 4 members (excludes halogenated alkanes) is 4. The Bertz CT molecular complexity index is 451. The van der Waals surface area contributed by atoms with E-state index in [9.17, 15) is 5.11 Å². The average Bonchev–Trinajstić information content (AvgIpc) is 2.63. The molecule has 3 aliphatic rings. The molecule has 2 nitrogen and oxygen atoms in total. The monoisotopic (exact) mass is 362 g/mol. The van der Waals surface area contributed by atoms with Crippen LogP contribution >= 0.6 is 0 Å². The summed E-state index contributed by atoms with van der Waals surface area (Å²) in [6.07, 6.45) is 20.3. The van der Waals surface area contributed by atoms with Crippen molar-refractivity contribution >= 4 is 0 Å². The van der Waals surface area contributed by atoms with Crippen molar-refractivity contribution in [3.63, 3.8) is 0 Å². The van der Waals surface area contributed by atoms with Gasteiger partial charge in [-0.15, -0.1) is 0 Å². The van der Waals surface area contributed by atoms with Crippen molar-refractivity contribution in [2.45, 2.75) is 91.1 Å². The molecule has 26 heavy (non-hydrogen) atoms. The lowest BCUT2D eigenvalue weighted by Gasteiger charge is -2.62. The van der Waals surface area contributed by atoms with Gasteiger partial charge in [-0.1, -0.05) is 64.3 Å². The summed E-state index contributed by atoms with van der Waals surface area (Å²) in [5.41, 5.74) is 0.499. The Morgan fingerprint density at radius 2 is 1.88 bits per heavy atom. The van der Waals surface area contributed by atoms with Crippen LogP contribution in [0, 0.1) is 29.1 Å². The van der Waals surface area contributed by atoms with Crippen molar-refractivity contribution in [1.82, 2.24) is 0 Å². The summed E-state index contributed by atoms with van der Waals surface area (Å²) >= 11 is 0. The maximum absolute atomic E-state index is 10.2. The van der Waals surface area contributed by atoms with Gasteiger partial charge >= 0.3 is 0 Å². The minimum absolute atomic E-state index is 0.262. The number of allylic oxidation sites excluding steroid dienone is 3. The number of rotatable bonds is 12. The molecular weight excluding hydrogens is 320 g/mol. The predicted octanol–water partition coefficient (Wildman–Crippen LogP) is 5.89. The zero-order chi connectivity index (χ0) is 19.0. The summed E-state index contributed by atoms with van der Waals surface area (Å²) < 4.78 is 0. The topological polar surface area (TPSA) is 40.5 Å². The quantitative estimate of drug-likeness (QED) is 0.335. The van der Waals surface area contributed by atoms with E-state index in [2.05, 4.69) is 45.1 Å². The Kier molecular flexibility index (Phi) is 8.90. The summed E-state index contributed by atoms with van der Waals surface area (Å²) in [5.74, 6) is 3.05. The molecule has 0 aromatic rings. The average molecular weight is 363 g/mol. The van der Waals surface area contributed by atoms with Crippen molar-refractivity contribution in [2.75, 3.05) is 6.61 Å². The Hall–Kier alpha value is -0.600. The second-order valence-electron chi connectivity index (χ2n) is 9.30. The molecule has 0 aromatic heterocycles. The first kappa shape index (κ1) is 21.7. The standard InChI is InChI=1S/C24H42O2/c1-4-5-9-12-21(26)15-14-19-17-20-18-23(24(20,2)3)22(19)13-10-7-6-8-11-16-25/h7,10,14-15,19-23,25-26H,4-6,8-9,11-13,16-18H2,1-3H3/b10-7-,15-14+/t19?,20?,21-,22?,23?/m0/s1. The molecule has 3 saturated carbocycles. The Morgan fingerprint density at radius 1 is 1.08 bits per heavy atom. The van der Waals surface area contributed by atoms with Crippen molar-refractivity contribution in [2.24, 2.45) is 29.1 Å². The third-order valence-corrected chi connectivity index (χ3v) is 7.21. The van der Waals surface area contributed by atoms with E-state index in [1.54, 1.807) is 0 Å². The number of hydrogen-bond acceptors (Lipinski definition) is 2. The lowest BCUT2D eigenvalue weighted by molar-refractivity contribution is -0.123. The van der Waals surface area contributed by atoms with E-state index in [0.29, 0.717) is 17.9 Å². The molecule has 3 rings (SSSR count). The fourth-order valence-corrected chi connectivity index (χ4v) is 5.26. The summed E-state index contributed by atoms with van der Waals surface area (Å²) in [5, 5.41) is 19.1. The fourth-order valence-electron chi connectivity index (χ4n) is 5.26. The van der Waals surface area contributed by atoms with Gasteiger partial charge in [0.15, 0.2) is 0 Å². The predicted molar refractivity (Wildman–Crippen MR) is 111 cm³/mol. The molecule has 5 atom stereocenters. The van der Waals surface area contributed by atoms with Crippen molar-refractivity contribution < 1.29 is 10.2 Å². The first-order chi connectivity index (χ1) is 12.5. The van der Waals surface area contributed by atoms with E-state index >= 15 is 0 Å². The number of hydrogen-bond donors (Lipinski definition) is 2. The van der Waals surface area contributed by atoms with E-state index in [1.807, 2.05) is 0 Å². The van der Waals surface area contributed by atoms with Crippen LogP contribution in [0.4, 0.5) is 0 Å². The highest BCUT2D eigenvalue weighted by Gasteiger charge is 2.56. The molecule has 0 amide bonds. The molecule has 4 unspecified atom stereocenters. The highest BCUT2D eigenvalue weighted by molar-refractivity contribution is 5.12. The molecule has 2 heteroatoms. The molecule has 0 saturated heterocycles. The van der Waals surface area contributed by atoms with E-state index in [0.717, 1.165) is 49.9 Å². The van der Waals surface area contributed by atoms with E-state index in [-0.39, 0.29) is 6.10 Å². The van der Waals surface area contributed by atoms with Gasteiger partial charge in [0.25, 0.3) is 0 Å². The van der Waals surface area contributed by atoms with Crippen molar-refractivity contribution in [3.05, 3.63) is 24.3 Å². The van der Waals surface area contributed by atoms with Gasteiger partial charge in [0, 0.05) is 6.61 Å². The molecule has 2 bridgehead atoms. The van der Waals surface area contributed by atoms with Crippen molar-refractivity contribution in [1.29, 1.82) is 0 Å². The molecular formula is C24H42O2. The second-order valence-corrected chi connectivity index (χ2v) is 9.30. The Morgan fingerprint density at radius 3 is 2.58 bits per heavy atom. The van der Waals surface area contributed by atoms with E-state index < -0.39 is 0 Å². The highest BCUT2D eigenvalue weighted by atomic mass is 16.3. The van der Waals surface area contributed by atoms with Crippen LogP contribution in [0.2, 0.25) is 0 Å². The Balaban J connectivity index is 1.89. The number of aliphatic hydroxyl groups excluding tert-OH is 2. The molecule has 150 valence electrons. The van der Waals surface area contributed by atoms with E-state index in [4.69, 9.17) is 5.11 Å². The van der Waals surface area contributed by atoms with Crippen LogP contribution < -0.4 is 0 Å². The SMILES string of the molecule is CCCCC[C@H](O)/C=C/C1CC2CC(C1C/C=C\CCCCO)C2(C)C. The largest absolute Gasteiger partial charge is 0.396 e. The lowest BCUT2D eigenvalue weighted by atomic mass is 9.43. The minimum Gasteiger partial charge on any atom is -0.396 e. The maximum atomic E-state index is 10.2. The van der Waals surface area contributed by atoms with Crippen LogP contribution in [-0.2, 0) is 0 Å². The Labute approximate surface area is 161 Å². The summed E-state index contributed by atoms with van der Waals surface area (Å²) in [7, 11) is 0. The van der Waals surface area contributed by atoms with Crippen LogP contribution in [0.15, 0.2) is 24.3 Å². The van der Waals surface area contributed by atoms with Gasteiger partial charge in [0.05, 0.1) is 6.10 Å². The van der Waals surface area contributed by atoms with Crippen molar-refractivity contribution in [3.8, 4) is 0 Å². The zero-order valence-corrected chi connectivity index (χ0v) is 17.4. The normalized spacial score (nSPS) is 31.4. The summed E-state index contributed by atoms with van der Waals surface area (Å²) in [4.78, 5) is 0. The molecule has 0 spiro atoms. The van der Waals surface area contributed by atoms with Crippen LogP contribution in [0.3, 0.4) is 0 Å². The van der Waals surface area contributed by atoms with E-state index in [1.165, 1.54) is 32.1 Å². The van der Waals surface area contributed by atoms with Gasteiger partial charge in [0.2, 0.25) is 0 Å². The molecule has 0 heterocycles. The van der Waals surface area contributed by atoms with Gasteiger partial charge in [-0.2, -0.15) is 0 Å². The fraction of sp³-hybridized carbons (Fsp3) is 0.833. The maximum Gasteiger partial charge on any atom is 0.0721 e. The molecule has 0 radical (unpaired) electrons. The van der Waals surface area contributed by atoms with Crippen LogP contribution in [0.1, 0.15) is 85.0 Å². The van der Waals surface area contributed by atoms with Gasteiger partial charge in [-0.25, -0.2) is 0 Å². The van der Waals surface area contributed by atoms with Crippen LogP contribution in [0.5, 0.6) is 0 Å². The van der Waals surface area contributed by atoms with Gasteiger partial charge in [-0.3, -0.25) is 0 Å². The molecule has 3 aliphatic carbocycles. The van der Waals surface area contributed by atoms with Gasteiger partial charge in [-0.05, 0) is 74.0 Å². The summed E-state index contributed by atoms with van der Waals surface area (Å²) in [6.45, 7) is 7.44. The number of fused-ring (bicyclic) bond motifs is 2. The molecule has 0 aliphatic heterocycles. The van der Waals surface area contributed by atoms with Crippen LogP contribution in [-0.4, -0.2) is 22.9 Å². The third-order valence-electron chi connectivity index (χ3n) is 7.21. The molecule has 3 fully saturated rings. The third kappa shape index (κ3) is 5.70. The van der Waals surface area contributed by atoms with Gasteiger partial charge in [0.1, 0.15) is 0 Å². The van der Waals surface area contributed by atoms with Crippen LogP contribution in [0.25, 0.3) is 0 Å². The second kappa shape index (κ2) is 10.7. The zero-order valence-electron chi connectivity index (χ0n) is 17.4. The first-order valence-electron chi connectivity index (χ1n) is 11.1. The smallest absolute Gasteiger partial charge is 0.0721 e. The lowest BCUT2D eigenvalue weighted by Crippen LogP contribution is -2.55. The first-order valence-corrected chi connectivity index (χ1v) is 11.1. The molecule has 2 N–H and O–H groups in total. The molecule has 0 aromatic carbocycles. The highest BCUT2D eigenvalue weighted by Crippen LogP contribution is 2.64. The van der Waals surface area contributed by atoms with Gasteiger partial charge < -0.3 is 10.2 Å².